The fraction of sp³-hybridized carbons (Fsp3) is 0.174. The molecule has 11 heteroatoms. The van der Waals surface area contributed by atoms with Gasteiger partial charge in [0.15, 0.2) is 5.11 Å². The van der Waals surface area contributed by atoms with Crippen molar-refractivity contribution in [3.8, 4) is 11.5 Å². The number of benzene rings is 2. The third kappa shape index (κ3) is 4.59. The number of rotatable bonds is 7. The Kier molecular flexibility index (Phi) is 6.28. The second kappa shape index (κ2) is 9.32. The van der Waals surface area contributed by atoms with Gasteiger partial charge in [0.05, 0.1) is 29.5 Å². The van der Waals surface area contributed by atoms with Crippen LogP contribution in [0.2, 0.25) is 0 Å². The molecule has 0 radical (unpaired) electrons. The minimum atomic E-state index is -0.480. The molecule has 2 aromatic carbocycles. The average molecular weight is 480 g/mol. The summed E-state index contributed by atoms with van der Waals surface area (Å²) in [5.41, 5.74) is 3.00. The van der Waals surface area contributed by atoms with Crippen molar-refractivity contribution in [3.05, 3.63) is 81.3 Å². The molecular weight excluding hydrogens is 458 g/mol. The fourth-order valence-corrected chi connectivity index (χ4v) is 3.87. The van der Waals surface area contributed by atoms with Crippen LogP contribution >= 0.6 is 12.2 Å². The Morgan fingerprint density at radius 2 is 2.06 bits per heavy atom. The normalized spacial score (nSPS) is 14.4. The first-order valence-corrected chi connectivity index (χ1v) is 10.6. The van der Waals surface area contributed by atoms with Crippen LogP contribution in [0.3, 0.4) is 0 Å². The number of hydrogen-bond donors (Lipinski definition) is 1. The smallest absolute Gasteiger partial charge is 0.281 e. The highest BCUT2D eigenvalue weighted by Gasteiger charge is 2.33. The molecule has 1 aliphatic rings. The van der Waals surface area contributed by atoms with E-state index < -0.39 is 4.92 Å². The maximum atomic E-state index is 13.1. The zero-order valence-electron chi connectivity index (χ0n) is 18.6. The summed E-state index contributed by atoms with van der Waals surface area (Å²) in [5.74, 6) is 0.660. The van der Waals surface area contributed by atoms with Crippen LogP contribution < -0.4 is 19.7 Å². The number of thiocarbonyl (C=S) groups is 1. The lowest BCUT2D eigenvalue weighted by molar-refractivity contribution is -0.384. The zero-order valence-corrected chi connectivity index (χ0v) is 19.5. The number of amides is 1. The van der Waals surface area contributed by atoms with Crippen molar-refractivity contribution >= 4 is 40.7 Å². The third-order valence-electron chi connectivity index (χ3n) is 5.14. The van der Waals surface area contributed by atoms with Crippen LogP contribution in [0, 0.1) is 17.0 Å². The van der Waals surface area contributed by atoms with Gasteiger partial charge in [-0.2, -0.15) is 5.10 Å². The van der Waals surface area contributed by atoms with Gasteiger partial charge in [0.1, 0.15) is 23.8 Å². The van der Waals surface area contributed by atoms with Gasteiger partial charge in [0.25, 0.3) is 11.6 Å². The lowest BCUT2D eigenvalue weighted by Crippen LogP contribution is -2.30. The number of aromatic nitrogens is 2. The molecule has 1 aromatic heterocycles. The standard InChI is InChI=1S/C23H21N5O5S/c1-14-20(12-26(2)25-14)27-22(29)19(24-23(27)34)10-15-7-8-21(32-3)16(9-15)13-33-18-6-4-5-17(11-18)28(30)31/h4-12H,13H2,1-3H3,(H,24,34)/b19-10+. The van der Waals surface area contributed by atoms with Gasteiger partial charge in [0, 0.05) is 24.9 Å². The van der Waals surface area contributed by atoms with E-state index in [1.807, 2.05) is 13.0 Å². The molecule has 0 unspecified atom stereocenters. The number of anilines is 1. The molecule has 0 bridgehead atoms. The van der Waals surface area contributed by atoms with Crippen LogP contribution in [-0.4, -0.2) is 32.8 Å². The highest BCUT2D eigenvalue weighted by Crippen LogP contribution is 2.27. The minimum Gasteiger partial charge on any atom is -0.496 e. The molecule has 1 aliphatic heterocycles. The van der Waals surface area contributed by atoms with Crippen LogP contribution in [-0.2, 0) is 18.4 Å². The number of carbonyl (C=O) groups is 1. The van der Waals surface area contributed by atoms with Crippen molar-refractivity contribution in [2.75, 3.05) is 12.0 Å². The molecule has 3 aromatic rings. The Morgan fingerprint density at radius 3 is 2.74 bits per heavy atom. The molecule has 10 nitrogen and oxygen atoms in total. The summed E-state index contributed by atoms with van der Waals surface area (Å²) < 4.78 is 12.8. The van der Waals surface area contributed by atoms with Crippen molar-refractivity contribution in [2.45, 2.75) is 13.5 Å². The molecule has 0 atom stereocenters. The van der Waals surface area contributed by atoms with E-state index in [0.717, 1.165) is 5.56 Å². The Balaban J connectivity index is 1.57. The van der Waals surface area contributed by atoms with Crippen molar-refractivity contribution in [1.82, 2.24) is 15.1 Å². The largest absolute Gasteiger partial charge is 0.496 e. The van der Waals surface area contributed by atoms with Gasteiger partial charge in [-0.3, -0.25) is 19.6 Å². The molecular formula is C23H21N5O5S. The molecule has 174 valence electrons. The Hall–Kier alpha value is -4.25. The zero-order chi connectivity index (χ0) is 24.4. The van der Waals surface area contributed by atoms with Crippen LogP contribution in [0.15, 0.2) is 54.4 Å². The van der Waals surface area contributed by atoms with E-state index in [4.69, 9.17) is 21.7 Å². The molecule has 0 spiro atoms. The topological polar surface area (TPSA) is 112 Å². The molecule has 4 rings (SSSR count). The minimum absolute atomic E-state index is 0.0573. The number of nitrogens with one attached hydrogen (secondary N) is 1. The van der Waals surface area contributed by atoms with Gasteiger partial charge in [-0.05, 0) is 49.0 Å². The van der Waals surface area contributed by atoms with Crippen molar-refractivity contribution in [2.24, 2.45) is 7.05 Å². The van der Waals surface area contributed by atoms with Crippen LogP contribution in [0.1, 0.15) is 16.8 Å². The van der Waals surface area contributed by atoms with Gasteiger partial charge >= 0.3 is 0 Å². The van der Waals surface area contributed by atoms with E-state index in [2.05, 4.69) is 10.4 Å². The molecule has 1 N–H and O–H groups in total. The molecule has 0 aliphatic carbocycles. The van der Waals surface area contributed by atoms with Crippen molar-refractivity contribution < 1.29 is 19.2 Å². The van der Waals surface area contributed by atoms with E-state index in [1.54, 1.807) is 55.4 Å². The van der Waals surface area contributed by atoms with E-state index in [0.29, 0.717) is 34.1 Å². The number of nitro groups is 1. The first-order valence-electron chi connectivity index (χ1n) is 10.2. The number of methoxy groups -OCH3 is 1. The summed E-state index contributed by atoms with van der Waals surface area (Å²) in [4.78, 5) is 25.0. The first-order chi connectivity index (χ1) is 16.3. The van der Waals surface area contributed by atoms with E-state index in [1.165, 1.54) is 17.0 Å². The molecule has 1 fully saturated rings. The summed E-state index contributed by atoms with van der Waals surface area (Å²) in [5, 5.41) is 18.5. The summed E-state index contributed by atoms with van der Waals surface area (Å²) in [6.45, 7) is 1.92. The van der Waals surface area contributed by atoms with Gasteiger partial charge in [0.2, 0.25) is 0 Å². The average Bonchev–Trinajstić information content (AvgIpc) is 3.28. The summed E-state index contributed by atoms with van der Waals surface area (Å²) >= 11 is 5.38. The predicted molar refractivity (Wildman–Crippen MR) is 130 cm³/mol. The summed E-state index contributed by atoms with van der Waals surface area (Å²) in [6.07, 6.45) is 3.43. The monoisotopic (exact) mass is 479 g/mol. The second-order valence-corrected chi connectivity index (χ2v) is 7.90. The second-order valence-electron chi connectivity index (χ2n) is 7.52. The highest BCUT2D eigenvalue weighted by atomic mass is 32.1. The summed E-state index contributed by atoms with van der Waals surface area (Å²) in [7, 11) is 3.32. The number of nitro benzene ring substituents is 1. The molecule has 2 heterocycles. The Labute approximate surface area is 200 Å². The lowest BCUT2D eigenvalue weighted by Gasteiger charge is -2.12. The van der Waals surface area contributed by atoms with E-state index in [-0.39, 0.29) is 23.3 Å². The Bertz CT molecular complexity index is 1330. The van der Waals surface area contributed by atoms with Crippen LogP contribution in [0.5, 0.6) is 11.5 Å². The number of hydrogen-bond acceptors (Lipinski definition) is 7. The number of non-ortho nitro benzene ring substituents is 1. The maximum absolute atomic E-state index is 13.1. The maximum Gasteiger partial charge on any atom is 0.281 e. The fourth-order valence-electron chi connectivity index (χ4n) is 3.58. The quantitative estimate of drug-likeness (QED) is 0.237. The van der Waals surface area contributed by atoms with E-state index in [9.17, 15) is 14.9 Å². The van der Waals surface area contributed by atoms with Crippen LogP contribution in [0.4, 0.5) is 11.4 Å². The number of ether oxygens (including phenoxy) is 2. The van der Waals surface area contributed by atoms with Gasteiger partial charge in [-0.25, -0.2) is 4.90 Å². The van der Waals surface area contributed by atoms with Crippen molar-refractivity contribution in [3.63, 3.8) is 0 Å². The number of carbonyl (C=O) groups excluding carboxylic acids is 1. The van der Waals surface area contributed by atoms with Gasteiger partial charge in [-0.1, -0.05) is 12.1 Å². The van der Waals surface area contributed by atoms with Crippen LogP contribution in [0.25, 0.3) is 6.08 Å². The first kappa shape index (κ1) is 22.9. The lowest BCUT2D eigenvalue weighted by atomic mass is 10.1. The van der Waals surface area contributed by atoms with Crippen molar-refractivity contribution in [1.29, 1.82) is 0 Å². The molecule has 34 heavy (non-hydrogen) atoms. The number of nitrogens with zero attached hydrogens (tertiary/aromatic N) is 4. The molecule has 1 saturated heterocycles. The predicted octanol–water partition coefficient (Wildman–Crippen LogP) is 3.49. The Morgan fingerprint density at radius 1 is 1.26 bits per heavy atom. The molecule has 0 saturated carbocycles. The van der Waals surface area contributed by atoms with E-state index >= 15 is 0 Å². The van der Waals surface area contributed by atoms with Gasteiger partial charge < -0.3 is 14.8 Å². The van der Waals surface area contributed by atoms with Gasteiger partial charge in [-0.15, -0.1) is 0 Å². The highest BCUT2D eigenvalue weighted by molar-refractivity contribution is 7.80. The SMILES string of the molecule is COc1ccc(/C=C2/NC(=S)N(c3cn(C)nc3C)C2=O)cc1COc1cccc([N+](=O)[O-])c1. The molecule has 1 amide bonds. The number of aryl methyl sites for hydroxylation is 2. The third-order valence-corrected chi connectivity index (χ3v) is 5.43. The summed E-state index contributed by atoms with van der Waals surface area (Å²) in [6, 6.07) is 11.3.